The van der Waals surface area contributed by atoms with E-state index in [0.717, 1.165) is 24.3 Å². The fraction of sp³-hybridized carbons (Fsp3) is 0. The minimum Gasteiger partial charge on any atom is -0.507 e. The summed E-state index contributed by atoms with van der Waals surface area (Å²) in [5.41, 5.74) is 12.8. The summed E-state index contributed by atoms with van der Waals surface area (Å²) >= 11 is 0. The molecule has 6 aromatic rings. The number of nitrogens with two attached hydrogens (primary N) is 2. The van der Waals surface area contributed by atoms with Crippen LogP contribution in [0.15, 0.2) is 137 Å². The Labute approximate surface area is 289 Å². The van der Waals surface area contributed by atoms with Crippen LogP contribution in [0, 0.1) is 0 Å². The van der Waals surface area contributed by atoms with Gasteiger partial charge in [0.05, 0.1) is 53.1 Å². The first-order valence-corrected chi connectivity index (χ1v) is 18.6. The number of anilines is 2. The van der Waals surface area contributed by atoms with Crippen molar-refractivity contribution in [2.24, 2.45) is 20.5 Å². The minimum atomic E-state index is -4.60. The molecule has 0 fully saturated rings. The summed E-state index contributed by atoms with van der Waals surface area (Å²) in [6.07, 6.45) is 0. The summed E-state index contributed by atoms with van der Waals surface area (Å²) in [4.78, 5) is -1.19. The van der Waals surface area contributed by atoms with Gasteiger partial charge < -0.3 is 21.7 Å². The molecule has 8 N–H and O–H groups in total. The lowest BCUT2D eigenvalue weighted by molar-refractivity contribution is 0.470. The second-order valence-electron chi connectivity index (χ2n) is 10.9. The van der Waals surface area contributed by atoms with E-state index in [1.807, 2.05) is 0 Å². The van der Waals surface area contributed by atoms with Gasteiger partial charge in [-0.05, 0) is 83.6 Å². The molecule has 0 aromatic heterocycles. The molecule has 0 bridgehead atoms. The molecule has 0 radical (unpaired) electrons. The largest absolute Gasteiger partial charge is 0.507 e. The van der Waals surface area contributed by atoms with Gasteiger partial charge >= 0.3 is 0 Å². The Kier molecular flexibility index (Phi) is 8.69. The van der Waals surface area contributed by atoms with Gasteiger partial charge in [-0.3, -0.25) is 9.11 Å². The number of nitrogens with zero attached hydrogens (tertiary/aromatic N) is 4. The van der Waals surface area contributed by atoms with Crippen molar-refractivity contribution in [3.05, 3.63) is 97.1 Å². The van der Waals surface area contributed by atoms with Crippen LogP contribution in [-0.4, -0.2) is 44.6 Å². The van der Waals surface area contributed by atoms with Crippen molar-refractivity contribution in [2.45, 2.75) is 19.6 Å². The summed E-state index contributed by atoms with van der Waals surface area (Å²) < 4.78 is 91.6. The molecule has 16 nitrogen and oxygen atoms in total. The Hall–Kier alpha value is -5.99. The second-order valence-corrected chi connectivity index (χ2v) is 15.7. The van der Waals surface area contributed by atoms with Crippen LogP contribution in [0.5, 0.6) is 11.5 Å². The first-order chi connectivity index (χ1) is 23.9. The van der Waals surface area contributed by atoms with E-state index < -0.39 is 51.4 Å². The number of benzene rings is 6. The second kappa shape index (κ2) is 12.7. The maximum Gasteiger partial charge on any atom is 0.294 e. The van der Waals surface area contributed by atoms with E-state index in [1.54, 1.807) is 0 Å². The first-order valence-electron chi connectivity index (χ1n) is 14.3. The lowest BCUT2D eigenvalue weighted by Crippen LogP contribution is -2.01. The molecule has 19 heteroatoms. The number of phenols is 2. The highest BCUT2D eigenvalue weighted by Crippen LogP contribution is 2.42. The van der Waals surface area contributed by atoms with Crippen molar-refractivity contribution in [2.75, 3.05) is 11.5 Å². The number of phenolic OH excluding ortho intramolecular Hbond substituents is 2. The highest BCUT2D eigenvalue weighted by Gasteiger charge is 2.20. The zero-order chi connectivity index (χ0) is 36.9. The Balaban J connectivity index is 1.23. The van der Waals surface area contributed by atoms with Gasteiger partial charge in [0.2, 0.25) is 9.84 Å². The maximum atomic E-state index is 13.4. The average molecular weight is 749 g/mol. The molecule has 0 aliphatic rings. The highest BCUT2D eigenvalue weighted by molar-refractivity contribution is 7.91. The molecule has 6 rings (SSSR count). The highest BCUT2D eigenvalue weighted by atomic mass is 32.2. The van der Waals surface area contributed by atoms with E-state index in [0.29, 0.717) is 0 Å². The van der Waals surface area contributed by atoms with E-state index in [4.69, 9.17) is 11.5 Å². The molecule has 0 amide bonds. The number of rotatable bonds is 8. The first kappa shape index (κ1) is 34.9. The monoisotopic (exact) mass is 748 g/mol. The van der Waals surface area contributed by atoms with Gasteiger partial charge in [-0.1, -0.05) is 12.1 Å². The third-order valence-corrected chi connectivity index (χ3v) is 11.0. The molecular formula is C32H24N6O10S3. The molecule has 0 atom stereocenters. The van der Waals surface area contributed by atoms with Crippen LogP contribution in [0.4, 0.5) is 34.1 Å². The van der Waals surface area contributed by atoms with Crippen LogP contribution in [0.3, 0.4) is 0 Å². The molecule has 0 unspecified atom stereocenters. The number of azo groups is 2. The lowest BCUT2D eigenvalue weighted by atomic mass is 10.1. The minimum absolute atomic E-state index is 0.0204. The molecular weight excluding hydrogens is 725 g/mol. The molecule has 0 spiro atoms. The molecule has 0 saturated heterocycles. The zero-order valence-electron chi connectivity index (χ0n) is 25.6. The van der Waals surface area contributed by atoms with Crippen LogP contribution in [0.25, 0.3) is 21.5 Å². The van der Waals surface area contributed by atoms with Crippen molar-refractivity contribution >= 4 is 85.7 Å². The molecule has 0 aliphatic carbocycles. The van der Waals surface area contributed by atoms with Crippen molar-refractivity contribution in [1.29, 1.82) is 0 Å². The van der Waals surface area contributed by atoms with Crippen LogP contribution < -0.4 is 11.5 Å². The van der Waals surface area contributed by atoms with Crippen molar-refractivity contribution < 1.29 is 44.6 Å². The van der Waals surface area contributed by atoms with E-state index in [1.165, 1.54) is 72.8 Å². The van der Waals surface area contributed by atoms with Crippen LogP contribution >= 0.6 is 0 Å². The number of fused-ring (bicyclic) bond motifs is 2. The quantitative estimate of drug-likeness (QED) is 0.0537. The molecule has 0 saturated carbocycles. The summed E-state index contributed by atoms with van der Waals surface area (Å²) in [7, 11) is -13.2. The average Bonchev–Trinajstić information content (AvgIpc) is 3.07. The van der Waals surface area contributed by atoms with Gasteiger partial charge in [0, 0.05) is 12.1 Å². The van der Waals surface area contributed by atoms with Gasteiger partial charge in [0.1, 0.15) is 22.9 Å². The summed E-state index contributed by atoms with van der Waals surface area (Å²) in [6, 6.07) is 20.5. The summed E-state index contributed by atoms with van der Waals surface area (Å²) in [5, 5.41) is 38.0. The Morgan fingerprint density at radius 1 is 0.451 bits per heavy atom. The van der Waals surface area contributed by atoms with E-state index in [9.17, 15) is 44.6 Å². The summed E-state index contributed by atoms with van der Waals surface area (Å²) in [6.45, 7) is 0. The van der Waals surface area contributed by atoms with E-state index >= 15 is 0 Å². The van der Waals surface area contributed by atoms with Crippen LogP contribution in [0.2, 0.25) is 0 Å². The van der Waals surface area contributed by atoms with Gasteiger partial charge in [0.15, 0.2) is 0 Å². The zero-order valence-corrected chi connectivity index (χ0v) is 28.1. The summed E-state index contributed by atoms with van der Waals surface area (Å²) in [5.74, 6) is -1.02. The molecule has 0 heterocycles. The SMILES string of the molecule is Nc1ccc2cc(S(=O)(=O)O)cc(O)c2c1N=Nc1ccc(S(=O)(=O)c2ccc(N=Nc3c(N)ccc4cc(S(=O)(=O)O)cc(O)c34)cc2)cc1. The van der Waals surface area contributed by atoms with Crippen molar-refractivity contribution in [3.8, 4) is 11.5 Å². The maximum absolute atomic E-state index is 13.4. The predicted octanol–water partition coefficient (Wildman–Crippen LogP) is 6.73. The number of hydrogen-bond acceptors (Lipinski definition) is 14. The Morgan fingerprint density at radius 2 is 0.804 bits per heavy atom. The molecule has 260 valence electrons. The van der Waals surface area contributed by atoms with Gasteiger partial charge in [0.25, 0.3) is 20.2 Å². The fourth-order valence-electron chi connectivity index (χ4n) is 5.08. The van der Waals surface area contributed by atoms with E-state index in [-0.39, 0.29) is 65.5 Å². The number of hydrogen-bond donors (Lipinski definition) is 6. The normalized spacial score (nSPS) is 12.7. The smallest absolute Gasteiger partial charge is 0.294 e. The van der Waals surface area contributed by atoms with E-state index in [2.05, 4.69) is 20.5 Å². The predicted molar refractivity (Wildman–Crippen MR) is 186 cm³/mol. The van der Waals surface area contributed by atoms with Crippen molar-refractivity contribution in [3.63, 3.8) is 0 Å². The number of nitrogen functional groups attached to an aromatic ring is 2. The van der Waals surface area contributed by atoms with Gasteiger partial charge in [-0.25, -0.2) is 8.42 Å². The fourth-order valence-corrected chi connectivity index (χ4v) is 7.41. The standard InChI is InChI=1S/C32H24N6O10S3/c33-25-11-1-17-13-23(50(43,44)45)15-27(39)29(17)31(25)37-35-19-3-7-21(8-4-19)49(41,42)22-9-5-20(6-10-22)36-38-32-26(34)12-2-18-14-24(51(46,47)48)16-28(40)30(18)32/h1-16,39-40H,33-34H2,(H,43,44,45)(H,46,47,48). The van der Waals surface area contributed by atoms with Crippen LogP contribution in [0.1, 0.15) is 0 Å². The molecule has 51 heavy (non-hydrogen) atoms. The molecule has 6 aromatic carbocycles. The van der Waals surface area contributed by atoms with Crippen molar-refractivity contribution in [1.82, 2.24) is 0 Å². The number of aromatic hydroxyl groups is 2. The third-order valence-electron chi connectivity index (χ3n) is 7.57. The molecule has 0 aliphatic heterocycles. The Bertz CT molecular complexity index is 2600. The van der Waals surface area contributed by atoms with Crippen LogP contribution in [-0.2, 0) is 30.1 Å². The Morgan fingerprint density at radius 3 is 1.14 bits per heavy atom. The topological polar surface area (TPSA) is 285 Å². The van der Waals surface area contributed by atoms with Gasteiger partial charge in [-0.15, -0.1) is 10.2 Å². The lowest BCUT2D eigenvalue weighted by Gasteiger charge is -2.09. The van der Waals surface area contributed by atoms with Gasteiger partial charge in [-0.2, -0.15) is 27.1 Å². The third kappa shape index (κ3) is 6.91. The number of sulfone groups is 1.